The van der Waals surface area contributed by atoms with Crippen LogP contribution < -0.4 is 4.90 Å². The van der Waals surface area contributed by atoms with Crippen molar-refractivity contribution in [3.8, 4) is 0 Å². The van der Waals surface area contributed by atoms with Crippen molar-refractivity contribution in [1.29, 1.82) is 0 Å². The maximum Gasteiger partial charge on any atom is 0.328 e. The Balaban J connectivity index is 3.27. The summed E-state index contributed by atoms with van der Waals surface area (Å²) in [6.07, 6.45) is 0. The van der Waals surface area contributed by atoms with Gasteiger partial charge in [0.15, 0.2) is 0 Å². The third kappa shape index (κ3) is 2.83. The number of nitrogens with zero attached hydrogens (tertiary/aromatic N) is 2. The molecule has 0 saturated carbocycles. The van der Waals surface area contributed by atoms with E-state index in [9.17, 15) is 20.0 Å². The quantitative estimate of drug-likeness (QED) is 0.654. The Morgan fingerprint density at radius 1 is 1.47 bits per heavy atom. The molecule has 6 heteroatoms. The lowest BCUT2D eigenvalue weighted by molar-refractivity contribution is -0.384. The number of hydrogen-bond acceptors (Lipinski definition) is 4. The minimum absolute atomic E-state index is 0.00503. The molecule has 0 unspecified atom stereocenters. The normalized spacial score (nSPS) is 11.2. The van der Waals surface area contributed by atoms with Gasteiger partial charge in [-0.15, -0.1) is 0 Å². The molecule has 0 heterocycles. The van der Waals surface area contributed by atoms with Crippen molar-refractivity contribution < 1.29 is 14.8 Å². The van der Waals surface area contributed by atoms with Gasteiger partial charge in [-0.05, 0) is 39.3 Å². The number of carbonyl (C=O) groups is 1. The number of aliphatic carboxylic acids is 1. The minimum atomic E-state index is -1.07. The highest BCUT2D eigenvalue weighted by Gasteiger charge is 2.34. The first-order valence-corrected chi connectivity index (χ1v) is 5.98. The highest BCUT2D eigenvalue weighted by atomic mass is 16.6. The SMILES string of the molecule is CCN(c1ccc([N+](=O)[O-])cc1C)C(C)(C)C(=O)O. The summed E-state index contributed by atoms with van der Waals surface area (Å²) in [6.45, 7) is 7.31. The van der Waals surface area contributed by atoms with Crippen molar-refractivity contribution in [3.05, 3.63) is 33.9 Å². The van der Waals surface area contributed by atoms with E-state index in [-0.39, 0.29) is 5.69 Å². The van der Waals surface area contributed by atoms with E-state index in [0.717, 1.165) is 0 Å². The number of anilines is 1. The van der Waals surface area contributed by atoms with Gasteiger partial charge in [0.05, 0.1) is 4.92 Å². The molecule has 1 aromatic rings. The van der Waals surface area contributed by atoms with Crippen LogP contribution in [0.4, 0.5) is 11.4 Å². The molecule has 0 bridgehead atoms. The summed E-state index contributed by atoms with van der Waals surface area (Å²) in [6, 6.07) is 4.44. The number of aryl methyl sites for hydroxylation is 1. The third-order valence-electron chi connectivity index (χ3n) is 3.20. The molecule has 0 aromatic heterocycles. The Bertz CT molecular complexity index is 511. The summed E-state index contributed by atoms with van der Waals surface area (Å²) in [4.78, 5) is 23.3. The average Bonchev–Trinajstić information content (AvgIpc) is 2.31. The average molecular weight is 266 g/mol. The van der Waals surface area contributed by atoms with Crippen molar-refractivity contribution in [2.75, 3.05) is 11.4 Å². The molecule has 0 aliphatic rings. The van der Waals surface area contributed by atoms with E-state index in [1.165, 1.54) is 12.1 Å². The first-order chi connectivity index (χ1) is 8.71. The topological polar surface area (TPSA) is 83.7 Å². The minimum Gasteiger partial charge on any atom is -0.480 e. The van der Waals surface area contributed by atoms with Crippen LogP contribution in [-0.2, 0) is 4.79 Å². The lowest BCUT2D eigenvalue weighted by Gasteiger charge is -2.37. The van der Waals surface area contributed by atoms with Gasteiger partial charge in [-0.2, -0.15) is 0 Å². The molecule has 0 spiro atoms. The summed E-state index contributed by atoms with van der Waals surface area (Å²) in [5, 5.41) is 20.0. The largest absolute Gasteiger partial charge is 0.480 e. The van der Waals surface area contributed by atoms with Crippen LogP contribution in [0, 0.1) is 17.0 Å². The van der Waals surface area contributed by atoms with E-state index >= 15 is 0 Å². The zero-order valence-corrected chi connectivity index (χ0v) is 11.5. The molecule has 6 nitrogen and oxygen atoms in total. The second kappa shape index (κ2) is 5.26. The smallest absolute Gasteiger partial charge is 0.328 e. The van der Waals surface area contributed by atoms with Crippen molar-refractivity contribution in [2.45, 2.75) is 33.2 Å². The van der Waals surface area contributed by atoms with Crippen LogP contribution in [0.15, 0.2) is 18.2 Å². The third-order valence-corrected chi connectivity index (χ3v) is 3.20. The summed E-state index contributed by atoms with van der Waals surface area (Å²) < 4.78 is 0. The number of hydrogen-bond donors (Lipinski definition) is 1. The number of nitro benzene ring substituents is 1. The van der Waals surface area contributed by atoms with Crippen LogP contribution in [0.1, 0.15) is 26.3 Å². The van der Waals surface area contributed by atoms with Crippen molar-refractivity contribution in [1.82, 2.24) is 0 Å². The predicted molar refractivity (Wildman–Crippen MR) is 72.6 cm³/mol. The van der Waals surface area contributed by atoms with E-state index in [4.69, 9.17) is 0 Å². The van der Waals surface area contributed by atoms with Crippen molar-refractivity contribution in [2.24, 2.45) is 0 Å². The highest BCUT2D eigenvalue weighted by molar-refractivity contribution is 5.83. The Morgan fingerprint density at radius 3 is 2.42 bits per heavy atom. The van der Waals surface area contributed by atoms with Crippen LogP contribution in [0.25, 0.3) is 0 Å². The van der Waals surface area contributed by atoms with Crippen LogP contribution in [0.3, 0.4) is 0 Å². The van der Waals surface area contributed by atoms with Gasteiger partial charge in [0.2, 0.25) is 0 Å². The predicted octanol–water partition coefficient (Wildman–Crippen LogP) is 2.59. The van der Waals surface area contributed by atoms with E-state index in [1.54, 1.807) is 31.7 Å². The number of non-ortho nitro benzene ring substituents is 1. The van der Waals surface area contributed by atoms with Crippen LogP contribution in [0.5, 0.6) is 0 Å². The number of nitro groups is 1. The molecule has 1 aromatic carbocycles. The maximum absolute atomic E-state index is 11.3. The van der Waals surface area contributed by atoms with Gasteiger partial charge in [0, 0.05) is 24.4 Å². The van der Waals surface area contributed by atoms with E-state index < -0.39 is 16.4 Å². The molecule has 0 aliphatic heterocycles. The number of carboxylic acid groups (broad SMARTS) is 1. The van der Waals surface area contributed by atoms with Gasteiger partial charge >= 0.3 is 5.97 Å². The summed E-state index contributed by atoms with van der Waals surface area (Å²) >= 11 is 0. The molecule has 0 radical (unpaired) electrons. The molecule has 1 rings (SSSR count). The van der Waals surface area contributed by atoms with Gasteiger partial charge in [-0.3, -0.25) is 10.1 Å². The monoisotopic (exact) mass is 266 g/mol. The Labute approximate surface area is 111 Å². The molecule has 1 N–H and O–H groups in total. The maximum atomic E-state index is 11.3. The number of rotatable bonds is 5. The Hall–Kier alpha value is -2.11. The van der Waals surface area contributed by atoms with Gasteiger partial charge in [-0.25, -0.2) is 4.79 Å². The first kappa shape index (κ1) is 14.9. The molecule has 19 heavy (non-hydrogen) atoms. The van der Waals surface area contributed by atoms with Crippen LogP contribution in [0.2, 0.25) is 0 Å². The van der Waals surface area contributed by atoms with Gasteiger partial charge in [0.1, 0.15) is 5.54 Å². The molecular formula is C13H18N2O4. The molecular weight excluding hydrogens is 248 g/mol. The lowest BCUT2D eigenvalue weighted by atomic mass is 10.0. The van der Waals surface area contributed by atoms with Gasteiger partial charge < -0.3 is 10.0 Å². The zero-order chi connectivity index (χ0) is 14.8. The van der Waals surface area contributed by atoms with E-state index in [2.05, 4.69) is 0 Å². The molecule has 104 valence electrons. The van der Waals surface area contributed by atoms with E-state index in [1.807, 2.05) is 6.92 Å². The second-order valence-corrected chi connectivity index (χ2v) is 4.84. The standard InChI is InChI=1S/C13H18N2O4/c1-5-14(13(3,4)12(16)17)11-7-6-10(15(18)19)8-9(11)2/h6-8H,5H2,1-4H3,(H,16,17). The number of likely N-dealkylation sites (N-methyl/N-ethyl adjacent to an activating group) is 1. The van der Waals surface area contributed by atoms with Gasteiger partial charge in [-0.1, -0.05) is 0 Å². The highest BCUT2D eigenvalue weighted by Crippen LogP contribution is 2.30. The Morgan fingerprint density at radius 2 is 2.05 bits per heavy atom. The summed E-state index contributed by atoms with van der Waals surface area (Å²) in [5.41, 5.74) is 0.312. The van der Waals surface area contributed by atoms with Crippen LogP contribution >= 0.6 is 0 Å². The van der Waals surface area contributed by atoms with Crippen molar-refractivity contribution >= 4 is 17.3 Å². The fourth-order valence-corrected chi connectivity index (χ4v) is 2.04. The fraction of sp³-hybridized carbons (Fsp3) is 0.462. The van der Waals surface area contributed by atoms with Gasteiger partial charge in [0.25, 0.3) is 5.69 Å². The molecule has 0 amide bonds. The lowest BCUT2D eigenvalue weighted by Crippen LogP contribution is -2.50. The first-order valence-electron chi connectivity index (χ1n) is 5.98. The molecule has 0 saturated heterocycles. The number of carboxylic acids is 1. The second-order valence-electron chi connectivity index (χ2n) is 4.84. The van der Waals surface area contributed by atoms with Crippen LogP contribution in [-0.4, -0.2) is 28.1 Å². The summed E-state index contributed by atoms with van der Waals surface area (Å²) in [5.74, 6) is -0.938. The Kier molecular flexibility index (Phi) is 4.14. The summed E-state index contributed by atoms with van der Waals surface area (Å²) in [7, 11) is 0. The van der Waals surface area contributed by atoms with Crippen molar-refractivity contribution in [3.63, 3.8) is 0 Å². The molecule has 0 aliphatic carbocycles. The molecule has 0 atom stereocenters. The van der Waals surface area contributed by atoms with E-state index in [0.29, 0.717) is 17.8 Å². The molecule has 0 fully saturated rings. The number of benzene rings is 1. The zero-order valence-electron chi connectivity index (χ0n) is 11.5. The fourth-order valence-electron chi connectivity index (χ4n) is 2.04.